The van der Waals surface area contributed by atoms with Crippen molar-refractivity contribution in [1.29, 1.82) is 0 Å². The molecule has 0 atom stereocenters. The first-order valence-corrected chi connectivity index (χ1v) is 7.06. The van der Waals surface area contributed by atoms with Gasteiger partial charge >= 0.3 is 5.97 Å². The lowest BCUT2D eigenvalue weighted by atomic mass is 9.82. The van der Waals surface area contributed by atoms with Gasteiger partial charge in [-0.1, -0.05) is 25.0 Å². The minimum atomic E-state index is -0.897. The summed E-state index contributed by atoms with van der Waals surface area (Å²) in [5, 5.41) is 19.9. The zero-order valence-corrected chi connectivity index (χ0v) is 11.6. The SMILES string of the molecule is O=C(CC1(C(=O)O)CCCC1)Nc1cccc2cn[nH]c12. The summed E-state index contributed by atoms with van der Waals surface area (Å²) >= 11 is 0. The summed E-state index contributed by atoms with van der Waals surface area (Å²) in [6.07, 6.45) is 4.59. The maximum atomic E-state index is 12.2. The molecule has 3 rings (SSSR count). The second kappa shape index (κ2) is 5.20. The second-order valence-electron chi connectivity index (χ2n) is 5.66. The third-order valence-electron chi connectivity index (χ3n) is 4.26. The molecule has 1 aliphatic rings. The second-order valence-corrected chi connectivity index (χ2v) is 5.66. The van der Waals surface area contributed by atoms with Gasteiger partial charge in [0, 0.05) is 11.8 Å². The van der Waals surface area contributed by atoms with Crippen molar-refractivity contribution in [3.05, 3.63) is 24.4 Å². The molecule has 0 aliphatic heterocycles. The van der Waals surface area contributed by atoms with E-state index in [1.165, 1.54) is 0 Å². The molecule has 1 saturated carbocycles. The van der Waals surface area contributed by atoms with Gasteiger partial charge in [0.25, 0.3) is 0 Å². The number of amides is 1. The van der Waals surface area contributed by atoms with Crippen LogP contribution >= 0.6 is 0 Å². The third kappa shape index (κ3) is 2.49. The van der Waals surface area contributed by atoms with Crippen LogP contribution in [0.25, 0.3) is 10.9 Å². The van der Waals surface area contributed by atoms with Gasteiger partial charge in [-0.2, -0.15) is 5.10 Å². The van der Waals surface area contributed by atoms with Crippen LogP contribution in [0.2, 0.25) is 0 Å². The monoisotopic (exact) mass is 287 g/mol. The molecule has 1 amide bonds. The molecule has 6 heteroatoms. The first-order valence-electron chi connectivity index (χ1n) is 7.06. The van der Waals surface area contributed by atoms with Gasteiger partial charge in [0.15, 0.2) is 0 Å². The zero-order chi connectivity index (χ0) is 14.9. The van der Waals surface area contributed by atoms with Gasteiger partial charge in [-0.3, -0.25) is 14.7 Å². The van der Waals surface area contributed by atoms with E-state index >= 15 is 0 Å². The Bertz CT molecular complexity index is 686. The average molecular weight is 287 g/mol. The van der Waals surface area contributed by atoms with Crippen molar-refractivity contribution in [2.24, 2.45) is 5.41 Å². The van der Waals surface area contributed by atoms with E-state index in [9.17, 15) is 14.7 Å². The van der Waals surface area contributed by atoms with Crippen molar-refractivity contribution >= 4 is 28.5 Å². The molecular formula is C15H17N3O3. The number of carboxylic acid groups (broad SMARTS) is 1. The number of nitrogens with one attached hydrogen (secondary N) is 2. The number of carbonyl (C=O) groups excluding carboxylic acids is 1. The van der Waals surface area contributed by atoms with Gasteiger partial charge in [-0.15, -0.1) is 0 Å². The summed E-state index contributed by atoms with van der Waals surface area (Å²) in [5.74, 6) is -1.13. The van der Waals surface area contributed by atoms with Crippen molar-refractivity contribution in [2.75, 3.05) is 5.32 Å². The highest BCUT2D eigenvalue weighted by Gasteiger charge is 2.43. The molecule has 2 aromatic rings. The molecule has 0 radical (unpaired) electrons. The molecule has 3 N–H and O–H groups in total. The molecule has 1 aromatic heterocycles. The first kappa shape index (κ1) is 13.6. The summed E-state index contributed by atoms with van der Waals surface area (Å²) in [6, 6.07) is 5.50. The van der Waals surface area contributed by atoms with E-state index in [0.29, 0.717) is 18.5 Å². The predicted molar refractivity (Wildman–Crippen MR) is 77.9 cm³/mol. The van der Waals surface area contributed by atoms with E-state index in [-0.39, 0.29) is 12.3 Å². The molecule has 110 valence electrons. The summed E-state index contributed by atoms with van der Waals surface area (Å²) < 4.78 is 0. The molecule has 21 heavy (non-hydrogen) atoms. The minimum Gasteiger partial charge on any atom is -0.481 e. The largest absolute Gasteiger partial charge is 0.481 e. The van der Waals surface area contributed by atoms with Crippen LogP contribution in [0, 0.1) is 5.41 Å². The van der Waals surface area contributed by atoms with Crippen LogP contribution in [0.3, 0.4) is 0 Å². The van der Waals surface area contributed by atoms with Crippen LogP contribution < -0.4 is 5.32 Å². The normalized spacial score (nSPS) is 17.0. The van der Waals surface area contributed by atoms with E-state index < -0.39 is 11.4 Å². The molecule has 6 nitrogen and oxygen atoms in total. The highest BCUT2D eigenvalue weighted by atomic mass is 16.4. The van der Waals surface area contributed by atoms with Gasteiger partial charge in [-0.25, -0.2) is 0 Å². The fourth-order valence-electron chi connectivity index (χ4n) is 3.09. The summed E-state index contributed by atoms with van der Waals surface area (Å²) in [6.45, 7) is 0. The lowest BCUT2D eigenvalue weighted by Gasteiger charge is -2.22. The minimum absolute atomic E-state index is 0.0207. The number of nitrogens with zero attached hydrogens (tertiary/aromatic N) is 1. The van der Waals surface area contributed by atoms with E-state index in [1.54, 1.807) is 12.3 Å². The average Bonchev–Trinajstić information content (AvgIpc) is 3.08. The third-order valence-corrected chi connectivity index (χ3v) is 4.26. The van der Waals surface area contributed by atoms with E-state index in [1.807, 2.05) is 12.1 Å². The number of aromatic amines is 1. The lowest BCUT2D eigenvalue weighted by Crippen LogP contribution is -2.32. The molecule has 1 fully saturated rings. The van der Waals surface area contributed by atoms with Crippen LogP contribution in [0.5, 0.6) is 0 Å². The maximum absolute atomic E-state index is 12.2. The van der Waals surface area contributed by atoms with Crippen molar-refractivity contribution in [3.8, 4) is 0 Å². The Labute approximate surface area is 121 Å². The van der Waals surface area contributed by atoms with Crippen LogP contribution in [0.1, 0.15) is 32.1 Å². The van der Waals surface area contributed by atoms with Gasteiger partial charge in [0.2, 0.25) is 5.91 Å². The summed E-state index contributed by atoms with van der Waals surface area (Å²) in [7, 11) is 0. The molecule has 1 aliphatic carbocycles. The molecule has 0 spiro atoms. The van der Waals surface area contributed by atoms with Crippen molar-refractivity contribution < 1.29 is 14.7 Å². The Hall–Kier alpha value is -2.37. The highest BCUT2D eigenvalue weighted by Crippen LogP contribution is 2.41. The predicted octanol–water partition coefficient (Wildman–Crippen LogP) is 2.54. The Morgan fingerprint density at radius 3 is 2.81 bits per heavy atom. The van der Waals surface area contributed by atoms with Crippen molar-refractivity contribution in [3.63, 3.8) is 0 Å². The summed E-state index contributed by atoms with van der Waals surface area (Å²) in [4.78, 5) is 23.7. The lowest BCUT2D eigenvalue weighted by molar-refractivity contribution is -0.150. The molecule has 0 saturated heterocycles. The van der Waals surface area contributed by atoms with Gasteiger partial charge in [0.1, 0.15) is 0 Å². The number of rotatable bonds is 4. The number of aliphatic carboxylic acids is 1. The Kier molecular flexibility index (Phi) is 3.37. The zero-order valence-electron chi connectivity index (χ0n) is 11.6. The molecule has 1 heterocycles. The quantitative estimate of drug-likeness (QED) is 0.805. The van der Waals surface area contributed by atoms with Gasteiger partial charge in [0.05, 0.1) is 22.8 Å². The Morgan fingerprint density at radius 1 is 1.33 bits per heavy atom. The molecule has 0 unspecified atom stereocenters. The topological polar surface area (TPSA) is 95.1 Å². The smallest absolute Gasteiger partial charge is 0.310 e. The van der Waals surface area contributed by atoms with Crippen molar-refractivity contribution in [1.82, 2.24) is 10.2 Å². The number of carboxylic acids is 1. The fraction of sp³-hybridized carbons (Fsp3) is 0.400. The van der Waals surface area contributed by atoms with Crippen LogP contribution in [0.4, 0.5) is 5.69 Å². The maximum Gasteiger partial charge on any atom is 0.310 e. The Morgan fingerprint density at radius 2 is 2.10 bits per heavy atom. The van der Waals surface area contributed by atoms with Gasteiger partial charge in [-0.05, 0) is 18.9 Å². The van der Waals surface area contributed by atoms with Crippen LogP contribution in [-0.4, -0.2) is 27.2 Å². The van der Waals surface area contributed by atoms with Crippen molar-refractivity contribution in [2.45, 2.75) is 32.1 Å². The first-order chi connectivity index (χ1) is 10.1. The number of hydrogen-bond acceptors (Lipinski definition) is 3. The summed E-state index contributed by atoms with van der Waals surface area (Å²) in [5.41, 5.74) is 0.488. The standard InChI is InChI=1S/C15H17N3O3/c19-12(8-15(14(20)21)6-1-2-7-15)17-11-5-3-4-10-9-16-18-13(10)11/h3-5,9H,1-2,6-8H2,(H,16,18)(H,17,19)(H,20,21). The van der Waals surface area contributed by atoms with Crippen LogP contribution in [-0.2, 0) is 9.59 Å². The number of fused-ring (bicyclic) bond motifs is 1. The van der Waals surface area contributed by atoms with Crippen LogP contribution in [0.15, 0.2) is 24.4 Å². The number of anilines is 1. The fourth-order valence-corrected chi connectivity index (χ4v) is 3.09. The van der Waals surface area contributed by atoms with E-state index in [0.717, 1.165) is 23.7 Å². The highest BCUT2D eigenvalue weighted by molar-refractivity contribution is 6.01. The Balaban J connectivity index is 1.77. The number of hydrogen-bond donors (Lipinski definition) is 3. The number of benzene rings is 1. The molecule has 0 bridgehead atoms. The number of carbonyl (C=O) groups is 2. The van der Waals surface area contributed by atoms with E-state index in [4.69, 9.17) is 0 Å². The molecule has 1 aromatic carbocycles. The van der Waals surface area contributed by atoms with Gasteiger partial charge < -0.3 is 10.4 Å². The number of para-hydroxylation sites is 1. The number of H-pyrrole nitrogens is 1. The number of aromatic nitrogens is 2. The van der Waals surface area contributed by atoms with E-state index in [2.05, 4.69) is 15.5 Å². The molecular weight excluding hydrogens is 270 g/mol.